The zero-order valence-corrected chi connectivity index (χ0v) is 15.4. The van der Waals surface area contributed by atoms with Crippen molar-refractivity contribution in [2.75, 3.05) is 0 Å². The van der Waals surface area contributed by atoms with Crippen molar-refractivity contribution in [1.29, 1.82) is 0 Å². The van der Waals surface area contributed by atoms with Gasteiger partial charge in [-0.2, -0.15) is 0 Å². The maximum Gasteiger partial charge on any atom is 0.335 e. The molecule has 8 heteroatoms. The lowest BCUT2D eigenvalue weighted by Crippen LogP contribution is -2.01. The largest absolute Gasteiger partial charge is 0.478 e. The molecule has 0 atom stereocenters. The molecule has 0 aliphatic rings. The van der Waals surface area contributed by atoms with Crippen molar-refractivity contribution in [2.24, 2.45) is 0 Å². The average molecular weight is 408 g/mol. The van der Waals surface area contributed by atoms with Crippen molar-refractivity contribution >= 4 is 23.9 Å². The van der Waals surface area contributed by atoms with Crippen LogP contribution in [0.1, 0.15) is 41.4 Å². The molecule has 0 amide bonds. The van der Waals surface area contributed by atoms with Gasteiger partial charge in [0.1, 0.15) is 0 Å². The molecule has 0 aromatic heterocycles. The van der Waals surface area contributed by atoms with Gasteiger partial charge in [-0.3, -0.25) is 0 Å². The predicted octanol–water partition coefficient (Wildman–Crippen LogP) is 3.83. The van der Waals surface area contributed by atoms with Gasteiger partial charge in [0.05, 0.1) is 22.3 Å². The van der Waals surface area contributed by atoms with Gasteiger partial charge >= 0.3 is 23.9 Å². The molecule has 8 nitrogen and oxygen atoms in total. The maximum atomic E-state index is 10.7. The Kier molecular flexibility index (Phi) is 7.02. The van der Waals surface area contributed by atoms with Crippen LogP contribution in [-0.2, 0) is 0 Å². The third kappa shape index (κ3) is 5.77. The molecule has 0 spiro atoms. The number of carboxylic acid groups (broad SMARTS) is 4. The number of carbonyl (C=O) groups is 4. The Morgan fingerprint density at radius 1 is 0.433 bits per heavy atom. The van der Waals surface area contributed by atoms with Gasteiger partial charge in [0, 0.05) is 0 Å². The van der Waals surface area contributed by atoms with Crippen LogP contribution in [0.25, 0.3) is 11.1 Å². The van der Waals surface area contributed by atoms with Gasteiger partial charge < -0.3 is 20.4 Å². The lowest BCUT2D eigenvalue weighted by Gasteiger charge is -2.03. The highest BCUT2D eigenvalue weighted by atomic mass is 16.4. The van der Waals surface area contributed by atoms with E-state index in [1.54, 1.807) is 24.3 Å². The Morgan fingerprint density at radius 2 is 0.733 bits per heavy atom. The molecule has 0 saturated heterocycles. The normalized spacial score (nSPS) is 9.73. The second-order valence-corrected chi connectivity index (χ2v) is 5.96. The molecule has 0 saturated carbocycles. The summed E-state index contributed by atoms with van der Waals surface area (Å²) < 4.78 is 0. The van der Waals surface area contributed by atoms with Gasteiger partial charge in [-0.05, 0) is 53.6 Å². The van der Waals surface area contributed by atoms with E-state index in [4.69, 9.17) is 20.4 Å². The van der Waals surface area contributed by atoms with E-state index in [0.717, 1.165) is 17.2 Å². The van der Waals surface area contributed by atoms with Gasteiger partial charge in [-0.25, -0.2) is 19.2 Å². The van der Waals surface area contributed by atoms with Crippen LogP contribution < -0.4 is 0 Å². The summed E-state index contributed by atoms with van der Waals surface area (Å²) in [7, 11) is 0. The van der Waals surface area contributed by atoms with Crippen LogP contribution in [0.5, 0.6) is 0 Å². The van der Waals surface area contributed by atoms with Crippen LogP contribution in [0.2, 0.25) is 0 Å². The topological polar surface area (TPSA) is 149 Å². The van der Waals surface area contributed by atoms with Crippen LogP contribution >= 0.6 is 0 Å². The van der Waals surface area contributed by atoms with Crippen molar-refractivity contribution in [2.45, 2.75) is 0 Å². The second-order valence-electron chi connectivity index (χ2n) is 5.96. The molecule has 0 radical (unpaired) electrons. The molecule has 152 valence electrons. The first-order valence-electron chi connectivity index (χ1n) is 8.43. The molecule has 3 aromatic carbocycles. The summed E-state index contributed by atoms with van der Waals surface area (Å²) in [4.78, 5) is 42.2. The van der Waals surface area contributed by atoms with Crippen LogP contribution in [0.4, 0.5) is 0 Å². The van der Waals surface area contributed by atoms with Gasteiger partial charge in [-0.15, -0.1) is 0 Å². The fourth-order valence-electron chi connectivity index (χ4n) is 2.40. The van der Waals surface area contributed by atoms with Crippen LogP contribution in [0.3, 0.4) is 0 Å². The Bertz CT molecular complexity index is 998. The number of benzene rings is 3. The van der Waals surface area contributed by atoms with E-state index in [1.165, 1.54) is 42.5 Å². The van der Waals surface area contributed by atoms with Crippen molar-refractivity contribution in [3.05, 3.63) is 95.1 Å². The predicted molar refractivity (Wildman–Crippen MR) is 106 cm³/mol. The SMILES string of the molecule is O=C(O)c1ccc(-c2ccc(C(=O)O)cc2)cc1.O=C(O)c1cccc(C(=O)O)c1. The van der Waals surface area contributed by atoms with Crippen molar-refractivity contribution in [3.8, 4) is 11.1 Å². The molecular weight excluding hydrogens is 392 g/mol. The molecule has 4 N–H and O–H groups in total. The lowest BCUT2D eigenvalue weighted by molar-refractivity contribution is 0.0680. The molecule has 0 bridgehead atoms. The first-order chi connectivity index (χ1) is 14.2. The van der Waals surface area contributed by atoms with Crippen molar-refractivity contribution < 1.29 is 39.6 Å². The average Bonchev–Trinajstić information content (AvgIpc) is 2.74. The Morgan fingerprint density at radius 3 is 1.00 bits per heavy atom. The summed E-state index contributed by atoms with van der Waals surface area (Å²) in [6.45, 7) is 0. The summed E-state index contributed by atoms with van der Waals surface area (Å²) in [5.74, 6) is -4.19. The minimum Gasteiger partial charge on any atom is -0.478 e. The van der Waals surface area contributed by atoms with Crippen LogP contribution in [0.15, 0.2) is 72.8 Å². The second kappa shape index (κ2) is 9.65. The molecule has 0 aliphatic heterocycles. The van der Waals surface area contributed by atoms with E-state index in [1.807, 2.05) is 0 Å². The van der Waals surface area contributed by atoms with Gasteiger partial charge in [0.25, 0.3) is 0 Å². The van der Waals surface area contributed by atoms with E-state index < -0.39 is 23.9 Å². The van der Waals surface area contributed by atoms with Crippen molar-refractivity contribution in [1.82, 2.24) is 0 Å². The molecule has 0 heterocycles. The summed E-state index contributed by atoms with van der Waals surface area (Å²) in [5, 5.41) is 34.6. The molecule has 30 heavy (non-hydrogen) atoms. The molecule has 0 fully saturated rings. The number of aromatic carboxylic acids is 4. The number of rotatable bonds is 5. The summed E-state index contributed by atoms with van der Waals surface area (Å²) >= 11 is 0. The molecule has 0 unspecified atom stereocenters. The lowest BCUT2D eigenvalue weighted by atomic mass is 10.0. The van der Waals surface area contributed by atoms with E-state index in [0.29, 0.717) is 0 Å². The van der Waals surface area contributed by atoms with Gasteiger partial charge in [0.15, 0.2) is 0 Å². The third-order valence-electron chi connectivity index (χ3n) is 3.95. The van der Waals surface area contributed by atoms with Gasteiger partial charge in [-0.1, -0.05) is 30.3 Å². The zero-order chi connectivity index (χ0) is 22.3. The summed E-state index contributed by atoms with van der Waals surface area (Å²) in [6, 6.07) is 18.0. The maximum absolute atomic E-state index is 10.7. The smallest absolute Gasteiger partial charge is 0.335 e. The molecule has 0 aliphatic carbocycles. The third-order valence-corrected chi connectivity index (χ3v) is 3.95. The highest BCUT2D eigenvalue weighted by molar-refractivity contribution is 5.93. The minimum absolute atomic E-state index is 0.0186. The number of hydrogen-bond acceptors (Lipinski definition) is 4. The molecule has 3 rings (SSSR count). The fourth-order valence-corrected chi connectivity index (χ4v) is 2.40. The standard InChI is InChI=1S/C14H10O4.C8H6O4/c15-13(16)11-5-1-9(2-6-11)10-3-7-12(8-4-10)14(17)18;9-7(10)5-2-1-3-6(4-5)8(11)12/h1-8H,(H,15,16)(H,17,18);1-4H,(H,9,10)(H,11,12). The van der Waals surface area contributed by atoms with E-state index in [2.05, 4.69) is 0 Å². The summed E-state index contributed by atoms with van der Waals surface area (Å²) in [5.41, 5.74) is 2.10. The highest BCUT2D eigenvalue weighted by Gasteiger charge is 2.07. The van der Waals surface area contributed by atoms with Crippen LogP contribution in [-0.4, -0.2) is 44.3 Å². The van der Waals surface area contributed by atoms with E-state index >= 15 is 0 Å². The van der Waals surface area contributed by atoms with Gasteiger partial charge in [0.2, 0.25) is 0 Å². The van der Waals surface area contributed by atoms with E-state index in [9.17, 15) is 19.2 Å². The Hall–Kier alpha value is -4.46. The molecular formula is C22H16O8. The first-order valence-corrected chi connectivity index (χ1v) is 8.43. The van der Waals surface area contributed by atoms with Crippen molar-refractivity contribution in [3.63, 3.8) is 0 Å². The number of carboxylic acids is 4. The Labute approximate surface area is 170 Å². The van der Waals surface area contributed by atoms with E-state index in [-0.39, 0.29) is 22.3 Å². The fraction of sp³-hybridized carbons (Fsp3) is 0. The van der Waals surface area contributed by atoms with Crippen LogP contribution in [0, 0.1) is 0 Å². The first kappa shape index (κ1) is 21.8. The summed E-state index contributed by atoms with van der Waals surface area (Å²) in [6.07, 6.45) is 0. The highest BCUT2D eigenvalue weighted by Crippen LogP contribution is 2.20. The number of hydrogen-bond donors (Lipinski definition) is 4. The quantitative estimate of drug-likeness (QED) is 0.497. The zero-order valence-electron chi connectivity index (χ0n) is 15.4. The Balaban J connectivity index is 0.000000232. The minimum atomic E-state index is -1.13. The monoisotopic (exact) mass is 408 g/mol. The molecule has 3 aromatic rings.